The SMILES string of the molecule is CCNC(=NCc1cccc(C(F)(F)F)c1)NCc1nc(C(F)(F)F)cs1. The van der Waals surface area contributed by atoms with Gasteiger partial charge in [-0.25, -0.2) is 9.98 Å². The molecule has 11 heteroatoms. The standard InChI is InChI=1S/C16H16F6N4S/c1-2-23-14(25-8-13-26-12(9-27-13)16(20,21)22)24-7-10-4-3-5-11(6-10)15(17,18)19/h3-6,9H,2,7-8H2,1H3,(H2,23,24,25). The summed E-state index contributed by atoms with van der Waals surface area (Å²) in [5.74, 6) is 0.263. The van der Waals surface area contributed by atoms with E-state index < -0.39 is 23.6 Å². The molecule has 0 aliphatic carbocycles. The minimum Gasteiger partial charge on any atom is -0.357 e. The van der Waals surface area contributed by atoms with Crippen LogP contribution in [0.3, 0.4) is 0 Å². The Bertz CT molecular complexity index is 782. The number of halogens is 6. The van der Waals surface area contributed by atoms with Crippen LogP contribution in [0.4, 0.5) is 26.3 Å². The van der Waals surface area contributed by atoms with Gasteiger partial charge in [-0.1, -0.05) is 12.1 Å². The Hall–Kier alpha value is -2.30. The molecule has 0 saturated carbocycles. The van der Waals surface area contributed by atoms with Crippen molar-refractivity contribution in [2.24, 2.45) is 4.99 Å². The molecule has 2 rings (SSSR count). The fourth-order valence-corrected chi connectivity index (χ4v) is 2.78. The van der Waals surface area contributed by atoms with Gasteiger partial charge in [0.15, 0.2) is 11.7 Å². The Morgan fingerprint density at radius 3 is 2.44 bits per heavy atom. The van der Waals surface area contributed by atoms with Crippen molar-refractivity contribution in [1.29, 1.82) is 0 Å². The molecular weight excluding hydrogens is 394 g/mol. The molecular formula is C16H16F6N4S. The third-order valence-corrected chi connectivity index (χ3v) is 4.12. The monoisotopic (exact) mass is 410 g/mol. The number of nitrogens with zero attached hydrogens (tertiary/aromatic N) is 2. The molecule has 0 aliphatic rings. The van der Waals surface area contributed by atoms with E-state index in [1.54, 1.807) is 6.92 Å². The number of aromatic nitrogens is 1. The van der Waals surface area contributed by atoms with Gasteiger partial charge in [-0.2, -0.15) is 26.3 Å². The zero-order valence-electron chi connectivity index (χ0n) is 14.1. The van der Waals surface area contributed by atoms with Crippen molar-refractivity contribution in [3.63, 3.8) is 0 Å². The molecule has 0 atom stereocenters. The summed E-state index contributed by atoms with van der Waals surface area (Å²) in [7, 11) is 0. The van der Waals surface area contributed by atoms with E-state index in [9.17, 15) is 26.3 Å². The Balaban J connectivity index is 2.03. The van der Waals surface area contributed by atoms with Crippen LogP contribution >= 0.6 is 11.3 Å². The number of alkyl halides is 6. The highest BCUT2D eigenvalue weighted by atomic mass is 32.1. The van der Waals surface area contributed by atoms with E-state index in [-0.39, 0.29) is 24.1 Å². The first-order valence-corrected chi connectivity index (χ1v) is 8.67. The zero-order chi connectivity index (χ0) is 20.1. The molecule has 0 unspecified atom stereocenters. The molecule has 4 nitrogen and oxygen atoms in total. The van der Waals surface area contributed by atoms with Crippen LogP contribution in [0.15, 0.2) is 34.6 Å². The van der Waals surface area contributed by atoms with Gasteiger partial charge >= 0.3 is 12.4 Å². The van der Waals surface area contributed by atoms with Crippen LogP contribution < -0.4 is 10.6 Å². The highest BCUT2D eigenvalue weighted by Gasteiger charge is 2.33. The summed E-state index contributed by atoms with van der Waals surface area (Å²) >= 11 is 0.854. The molecule has 0 radical (unpaired) electrons. The first-order chi connectivity index (χ1) is 12.6. The van der Waals surface area contributed by atoms with Crippen LogP contribution in [-0.4, -0.2) is 17.5 Å². The van der Waals surface area contributed by atoms with Crippen LogP contribution in [0.25, 0.3) is 0 Å². The smallest absolute Gasteiger partial charge is 0.357 e. The van der Waals surface area contributed by atoms with Crippen LogP contribution in [0.5, 0.6) is 0 Å². The molecule has 2 aromatic rings. The first-order valence-electron chi connectivity index (χ1n) is 7.79. The lowest BCUT2D eigenvalue weighted by molar-refractivity contribution is -0.141. The summed E-state index contributed by atoms with van der Waals surface area (Å²) in [6, 6.07) is 4.78. The number of rotatable bonds is 5. The van der Waals surface area contributed by atoms with Crippen molar-refractivity contribution < 1.29 is 26.3 Å². The molecule has 0 amide bonds. The lowest BCUT2D eigenvalue weighted by atomic mass is 10.1. The summed E-state index contributed by atoms with van der Waals surface area (Å²) in [6.07, 6.45) is -8.94. The van der Waals surface area contributed by atoms with Gasteiger partial charge in [-0.15, -0.1) is 11.3 Å². The molecule has 148 valence electrons. The number of guanidine groups is 1. The highest BCUT2D eigenvalue weighted by molar-refractivity contribution is 7.09. The number of aliphatic imine (C=N–C) groups is 1. The summed E-state index contributed by atoms with van der Waals surface area (Å²) in [5.41, 5.74) is -1.37. The van der Waals surface area contributed by atoms with Gasteiger partial charge < -0.3 is 10.6 Å². The number of hydrogen-bond acceptors (Lipinski definition) is 3. The molecule has 0 bridgehead atoms. The van der Waals surface area contributed by atoms with E-state index in [0.717, 1.165) is 28.8 Å². The Morgan fingerprint density at radius 1 is 1.11 bits per heavy atom. The predicted molar refractivity (Wildman–Crippen MR) is 90.2 cm³/mol. The van der Waals surface area contributed by atoms with Crippen molar-refractivity contribution in [2.75, 3.05) is 6.54 Å². The minimum absolute atomic E-state index is 0.00910. The van der Waals surface area contributed by atoms with E-state index in [1.165, 1.54) is 12.1 Å². The minimum atomic E-state index is -4.50. The maximum absolute atomic E-state index is 12.7. The fraction of sp³-hybridized carbons (Fsp3) is 0.375. The Labute approximate surface area is 155 Å². The van der Waals surface area contributed by atoms with E-state index in [4.69, 9.17) is 0 Å². The van der Waals surface area contributed by atoms with E-state index in [1.807, 2.05) is 0 Å². The van der Waals surface area contributed by atoms with Crippen molar-refractivity contribution >= 4 is 17.3 Å². The van der Waals surface area contributed by atoms with Crippen molar-refractivity contribution in [2.45, 2.75) is 32.4 Å². The quantitative estimate of drug-likeness (QED) is 0.436. The van der Waals surface area contributed by atoms with Crippen molar-refractivity contribution in [3.05, 3.63) is 51.5 Å². The molecule has 2 N–H and O–H groups in total. The molecule has 1 aromatic carbocycles. The van der Waals surface area contributed by atoms with E-state index in [2.05, 4.69) is 20.6 Å². The van der Waals surface area contributed by atoms with Gasteiger partial charge in [0.2, 0.25) is 0 Å². The normalized spacial score (nSPS) is 12.9. The highest BCUT2D eigenvalue weighted by Crippen LogP contribution is 2.30. The van der Waals surface area contributed by atoms with Crippen molar-refractivity contribution in [3.8, 4) is 0 Å². The summed E-state index contributed by atoms with van der Waals surface area (Å²) in [4.78, 5) is 7.65. The molecule has 0 aliphatic heterocycles. The third kappa shape index (κ3) is 6.42. The fourth-order valence-electron chi connectivity index (χ4n) is 2.04. The van der Waals surface area contributed by atoms with E-state index in [0.29, 0.717) is 12.1 Å². The average Bonchev–Trinajstić information content (AvgIpc) is 3.06. The van der Waals surface area contributed by atoms with Gasteiger partial charge in [0.1, 0.15) is 5.01 Å². The zero-order valence-corrected chi connectivity index (χ0v) is 14.9. The second-order valence-electron chi connectivity index (χ2n) is 5.37. The van der Waals surface area contributed by atoms with Crippen LogP contribution in [-0.2, 0) is 25.4 Å². The third-order valence-electron chi connectivity index (χ3n) is 3.27. The maximum Gasteiger partial charge on any atom is 0.434 e. The molecule has 0 saturated heterocycles. The second-order valence-corrected chi connectivity index (χ2v) is 6.31. The topological polar surface area (TPSA) is 49.3 Å². The lowest BCUT2D eigenvalue weighted by Gasteiger charge is -2.11. The van der Waals surface area contributed by atoms with E-state index >= 15 is 0 Å². The van der Waals surface area contributed by atoms with Gasteiger partial charge in [0.05, 0.1) is 18.7 Å². The molecule has 1 aromatic heterocycles. The number of benzene rings is 1. The Morgan fingerprint density at radius 2 is 1.85 bits per heavy atom. The van der Waals surface area contributed by atoms with Crippen LogP contribution in [0.1, 0.15) is 28.8 Å². The van der Waals surface area contributed by atoms with Gasteiger partial charge in [0.25, 0.3) is 0 Å². The predicted octanol–water partition coefficient (Wildman–Crippen LogP) is 4.44. The largest absolute Gasteiger partial charge is 0.434 e. The number of hydrogen-bond donors (Lipinski definition) is 2. The van der Waals surface area contributed by atoms with Gasteiger partial charge in [0, 0.05) is 11.9 Å². The number of nitrogens with one attached hydrogen (secondary N) is 2. The van der Waals surface area contributed by atoms with Crippen molar-refractivity contribution in [1.82, 2.24) is 15.6 Å². The first kappa shape index (κ1) is 21.0. The summed E-state index contributed by atoms with van der Waals surface area (Å²) < 4.78 is 75.9. The summed E-state index contributed by atoms with van der Waals surface area (Å²) in [6.45, 7) is 2.24. The molecule has 27 heavy (non-hydrogen) atoms. The molecule has 0 spiro atoms. The molecule has 1 heterocycles. The second kappa shape index (κ2) is 8.59. The average molecular weight is 410 g/mol. The molecule has 0 fully saturated rings. The lowest BCUT2D eigenvalue weighted by Crippen LogP contribution is -2.36. The Kier molecular flexibility index (Phi) is 6.68. The number of thiazole rings is 1. The van der Waals surface area contributed by atoms with Gasteiger partial charge in [-0.05, 0) is 24.6 Å². The van der Waals surface area contributed by atoms with Crippen LogP contribution in [0.2, 0.25) is 0 Å². The van der Waals surface area contributed by atoms with Gasteiger partial charge in [-0.3, -0.25) is 0 Å². The van der Waals surface area contributed by atoms with Crippen LogP contribution in [0, 0.1) is 0 Å². The maximum atomic E-state index is 12.7. The summed E-state index contributed by atoms with van der Waals surface area (Å²) in [5, 5.41) is 6.83.